The summed E-state index contributed by atoms with van der Waals surface area (Å²) in [4.78, 5) is 37.2. The Hall–Kier alpha value is -4.30. The van der Waals surface area contributed by atoms with Crippen molar-refractivity contribution < 1.29 is 19.1 Å². The predicted octanol–water partition coefficient (Wildman–Crippen LogP) is 3.71. The van der Waals surface area contributed by atoms with E-state index in [-0.39, 0.29) is 18.3 Å². The molecule has 0 radical (unpaired) electrons. The van der Waals surface area contributed by atoms with E-state index in [0.717, 1.165) is 5.52 Å². The van der Waals surface area contributed by atoms with Crippen LogP contribution in [0.15, 0.2) is 78.9 Å². The summed E-state index contributed by atoms with van der Waals surface area (Å²) >= 11 is 0. The highest BCUT2D eigenvalue weighted by Gasteiger charge is 2.21. The number of anilines is 2. The van der Waals surface area contributed by atoms with Gasteiger partial charge in [0.25, 0.3) is 11.8 Å². The molecular formula is C27H24N4O4. The number of carbonyl (C=O) groups excluding carboxylic acids is 2. The third kappa shape index (κ3) is 5.12. The minimum Gasteiger partial charge on any atom is -0.465 e. The highest BCUT2D eigenvalue weighted by molar-refractivity contribution is 6.13. The summed E-state index contributed by atoms with van der Waals surface area (Å²) in [6, 6.07) is 23.4. The van der Waals surface area contributed by atoms with E-state index in [1.54, 1.807) is 48.5 Å². The number of morpholine rings is 1. The molecule has 35 heavy (non-hydrogen) atoms. The summed E-state index contributed by atoms with van der Waals surface area (Å²) in [5, 5.41) is 2.80. The van der Waals surface area contributed by atoms with E-state index < -0.39 is 5.91 Å². The molecule has 0 atom stereocenters. The van der Waals surface area contributed by atoms with Crippen LogP contribution in [0.2, 0.25) is 0 Å². The van der Waals surface area contributed by atoms with E-state index in [2.05, 4.69) is 10.3 Å². The summed E-state index contributed by atoms with van der Waals surface area (Å²) in [6.45, 7) is 2.20. The Balaban J connectivity index is 1.34. The fraction of sp³-hybridized carbons (Fsp3) is 0.185. The van der Waals surface area contributed by atoms with Crippen LogP contribution in [0.3, 0.4) is 0 Å². The maximum atomic E-state index is 13.0. The lowest BCUT2D eigenvalue weighted by Gasteiger charge is -2.28. The molecule has 1 saturated heterocycles. The molecule has 0 unspecified atom stereocenters. The smallest absolute Gasteiger partial charge is 0.262 e. The zero-order valence-corrected chi connectivity index (χ0v) is 19.0. The van der Waals surface area contributed by atoms with Crippen LogP contribution in [0.4, 0.5) is 11.5 Å². The van der Waals surface area contributed by atoms with Gasteiger partial charge in [0.15, 0.2) is 18.2 Å². The average Bonchev–Trinajstić information content (AvgIpc) is 2.92. The Morgan fingerprint density at radius 1 is 0.857 bits per heavy atom. The fourth-order valence-corrected chi connectivity index (χ4v) is 3.91. The Morgan fingerprint density at radius 3 is 2.29 bits per heavy atom. The zero-order chi connectivity index (χ0) is 24.0. The van der Waals surface area contributed by atoms with Crippen LogP contribution in [0.25, 0.3) is 11.0 Å². The molecule has 2 heterocycles. The molecule has 8 heteroatoms. The standard InChI is InChI=1S/C27H24N4O4/c32-24(28-21-11-5-4-10-20(21)25(33)19-8-2-1-3-9-19)18-35-27-26(31-14-16-34-17-15-31)29-22-12-6-7-13-23(22)30-27/h1-13H,14-18H2,(H,28,32). The minimum absolute atomic E-state index is 0.169. The molecule has 1 fully saturated rings. The Bertz CT molecular complexity index is 1350. The first-order chi connectivity index (χ1) is 17.2. The van der Waals surface area contributed by atoms with E-state index >= 15 is 0 Å². The Morgan fingerprint density at radius 2 is 1.51 bits per heavy atom. The average molecular weight is 469 g/mol. The SMILES string of the molecule is O=C(COc1nc2ccccc2nc1N1CCOCC1)Nc1ccccc1C(=O)c1ccccc1. The van der Waals surface area contributed by atoms with Gasteiger partial charge in [0, 0.05) is 24.2 Å². The van der Waals surface area contributed by atoms with Crippen LogP contribution < -0.4 is 15.0 Å². The molecule has 1 N–H and O–H groups in total. The number of nitrogens with zero attached hydrogens (tertiary/aromatic N) is 3. The van der Waals surface area contributed by atoms with E-state index in [1.807, 2.05) is 35.2 Å². The van der Waals surface area contributed by atoms with Crippen molar-refractivity contribution in [1.29, 1.82) is 0 Å². The second-order valence-electron chi connectivity index (χ2n) is 8.02. The van der Waals surface area contributed by atoms with E-state index in [0.29, 0.717) is 54.5 Å². The van der Waals surface area contributed by atoms with Gasteiger partial charge in [-0.25, -0.2) is 9.97 Å². The topological polar surface area (TPSA) is 93.7 Å². The lowest BCUT2D eigenvalue weighted by atomic mass is 10.0. The number of fused-ring (bicyclic) bond motifs is 1. The number of amides is 1. The Labute approximate surface area is 202 Å². The molecule has 1 amide bonds. The third-order valence-electron chi connectivity index (χ3n) is 5.65. The molecule has 1 aliphatic rings. The minimum atomic E-state index is -0.402. The summed E-state index contributed by atoms with van der Waals surface area (Å²) < 4.78 is 11.3. The first kappa shape index (κ1) is 22.5. The van der Waals surface area contributed by atoms with Gasteiger partial charge in [-0.2, -0.15) is 0 Å². The molecule has 0 aliphatic carbocycles. The van der Waals surface area contributed by atoms with Crippen LogP contribution in [0, 0.1) is 0 Å². The van der Waals surface area contributed by atoms with Gasteiger partial charge in [0.2, 0.25) is 0 Å². The first-order valence-electron chi connectivity index (χ1n) is 11.4. The molecule has 1 aromatic heterocycles. The second-order valence-corrected chi connectivity index (χ2v) is 8.02. The van der Waals surface area contributed by atoms with Gasteiger partial charge in [-0.15, -0.1) is 0 Å². The van der Waals surface area contributed by atoms with Gasteiger partial charge in [-0.3, -0.25) is 9.59 Å². The molecule has 0 saturated carbocycles. The van der Waals surface area contributed by atoms with Crippen molar-refractivity contribution in [3.8, 4) is 5.88 Å². The molecule has 8 nitrogen and oxygen atoms in total. The van der Waals surface area contributed by atoms with Crippen molar-refractivity contribution in [1.82, 2.24) is 9.97 Å². The molecule has 1 aliphatic heterocycles. The monoisotopic (exact) mass is 468 g/mol. The molecule has 0 bridgehead atoms. The fourth-order valence-electron chi connectivity index (χ4n) is 3.91. The molecule has 3 aromatic carbocycles. The zero-order valence-electron chi connectivity index (χ0n) is 19.0. The normalized spacial score (nSPS) is 13.4. The number of rotatable bonds is 7. The van der Waals surface area contributed by atoms with Crippen molar-refractivity contribution >= 4 is 34.2 Å². The van der Waals surface area contributed by atoms with Crippen molar-refractivity contribution in [3.63, 3.8) is 0 Å². The van der Waals surface area contributed by atoms with Crippen molar-refractivity contribution in [2.75, 3.05) is 43.1 Å². The number of aromatic nitrogens is 2. The summed E-state index contributed by atoms with van der Waals surface area (Å²) in [6.07, 6.45) is 0. The maximum Gasteiger partial charge on any atom is 0.262 e. The molecular weight excluding hydrogens is 444 g/mol. The van der Waals surface area contributed by atoms with Gasteiger partial charge in [-0.05, 0) is 24.3 Å². The van der Waals surface area contributed by atoms with Gasteiger partial charge in [0.1, 0.15) is 0 Å². The van der Waals surface area contributed by atoms with Crippen LogP contribution in [-0.2, 0) is 9.53 Å². The highest BCUT2D eigenvalue weighted by Crippen LogP contribution is 2.28. The van der Waals surface area contributed by atoms with E-state index in [9.17, 15) is 9.59 Å². The number of carbonyl (C=O) groups is 2. The first-order valence-corrected chi connectivity index (χ1v) is 11.4. The van der Waals surface area contributed by atoms with Crippen LogP contribution in [-0.4, -0.2) is 54.6 Å². The summed E-state index contributed by atoms with van der Waals surface area (Å²) in [7, 11) is 0. The lowest BCUT2D eigenvalue weighted by Crippen LogP contribution is -2.37. The second kappa shape index (κ2) is 10.3. The third-order valence-corrected chi connectivity index (χ3v) is 5.65. The van der Waals surface area contributed by atoms with Crippen LogP contribution in [0.1, 0.15) is 15.9 Å². The van der Waals surface area contributed by atoms with Gasteiger partial charge in [-0.1, -0.05) is 54.6 Å². The lowest BCUT2D eigenvalue weighted by molar-refractivity contribution is -0.118. The van der Waals surface area contributed by atoms with E-state index in [1.165, 1.54) is 0 Å². The highest BCUT2D eigenvalue weighted by atomic mass is 16.5. The van der Waals surface area contributed by atoms with E-state index in [4.69, 9.17) is 14.5 Å². The van der Waals surface area contributed by atoms with Crippen LogP contribution >= 0.6 is 0 Å². The molecule has 176 valence electrons. The largest absolute Gasteiger partial charge is 0.465 e. The Kier molecular flexibility index (Phi) is 6.63. The predicted molar refractivity (Wildman–Crippen MR) is 133 cm³/mol. The molecule has 4 aromatic rings. The van der Waals surface area contributed by atoms with Crippen molar-refractivity contribution in [2.24, 2.45) is 0 Å². The van der Waals surface area contributed by atoms with Gasteiger partial charge >= 0.3 is 0 Å². The number of nitrogens with one attached hydrogen (secondary N) is 1. The summed E-state index contributed by atoms with van der Waals surface area (Å²) in [5.41, 5.74) is 2.81. The van der Waals surface area contributed by atoms with Crippen molar-refractivity contribution in [3.05, 3.63) is 90.0 Å². The maximum absolute atomic E-state index is 13.0. The van der Waals surface area contributed by atoms with Crippen molar-refractivity contribution in [2.45, 2.75) is 0 Å². The number of hydrogen-bond donors (Lipinski definition) is 1. The van der Waals surface area contributed by atoms with Gasteiger partial charge in [0.05, 0.1) is 29.9 Å². The number of ether oxygens (including phenoxy) is 2. The number of hydrogen-bond acceptors (Lipinski definition) is 7. The molecule has 5 rings (SSSR count). The quantitative estimate of drug-likeness (QED) is 0.413. The number of para-hydroxylation sites is 3. The van der Waals surface area contributed by atoms with Gasteiger partial charge < -0.3 is 19.7 Å². The summed E-state index contributed by atoms with van der Waals surface area (Å²) in [5.74, 6) is 0.299. The molecule has 0 spiro atoms. The number of benzene rings is 3. The van der Waals surface area contributed by atoms with Crippen LogP contribution in [0.5, 0.6) is 5.88 Å². The number of ketones is 1.